The van der Waals surface area contributed by atoms with Crippen LogP contribution in [-0.4, -0.2) is 53.7 Å². The number of carboxylic acid groups (broad SMARTS) is 1. The molecule has 1 atom stereocenters. The van der Waals surface area contributed by atoms with Gasteiger partial charge in [0.1, 0.15) is 12.6 Å². The number of aliphatic carboxylic acids is 1. The summed E-state index contributed by atoms with van der Waals surface area (Å²) in [5.74, 6) is -1.31. The third-order valence-electron chi connectivity index (χ3n) is 7.00. The number of nitrogens with zero attached hydrogens (tertiary/aromatic N) is 1. The van der Waals surface area contributed by atoms with Gasteiger partial charge in [0.2, 0.25) is 5.91 Å². The van der Waals surface area contributed by atoms with Crippen LogP contribution in [0.1, 0.15) is 50.2 Å². The summed E-state index contributed by atoms with van der Waals surface area (Å²) in [5.41, 5.74) is 4.57. The molecule has 4 rings (SSSR count). The summed E-state index contributed by atoms with van der Waals surface area (Å²) in [6.07, 6.45) is 0.738. The number of amides is 2. The Morgan fingerprint density at radius 3 is 2.12 bits per heavy atom. The maximum atomic E-state index is 13.1. The molecule has 2 aliphatic rings. The number of ether oxygens (including phenoxy) is 1. The summed E-state index contributed by atoms with van der Waals surface area (Å²) in [5, 5.41) is 11.9. The van der Waals surface area contributed by atoms with E-state index in [-0.39, 0.29) is 30.4 Å². The molecule has 0 radical (unpaired) electrons. The first-order chi connectivity index (χ1) is 16.3. The van der Waals surface area contributed by atoms with Gasteiger partial charge in [0.15, 0.2) is 0 Å². The zero-order valence-corrected chi connectivity index (χ0v) is 19.9. The third kappa shape index (κ3) is 4.79. The van der Waals surface area contributed by atoms with E-state index >= 15 is 0 Å². The number of carbonyl (C=O) groups excluding carboxylic acids is 2. The van der Waals surface area contributed by atoms with E-state index < -0.39 is 24.0 Å². The second-order valence-electron chi connectivity index (χ2n) is 9.76. The molecular weight excluding hydrogens is 432 g/mol. The van der Waals surface area contributed by atoms with Gasteiger partial charge >= 0.3 is 12.1 Å². The quantitative estimate of drug-likeness (QED) is 0.609. The lowest BCUT2D eigenvalue weighted by molar-refractivity contribution is -0.150. The molecule has 2 N–H and O–H groups in total. The van der Waals surface area contributed by atoms with Gasteiger partial charge in [-0.25, -0.2) is 4.79 Å². The van der Waals surface area contributed by atoms with Gasteiger partial charge in [-0.05, 0) is 47.4 Å². The molecular formula is C27H32N2O5. The van der Waals surface area contributed by atoms with E-state index in [9.17, 15) is 14.4 Å². The molecule has 1 unspecified atom stereocenters. The fraction of sp³-hybridized carbons (Fsp3) is 0.444. The van der Waals surface area contributed by atoms with Gasteiger partial charge in [0.05, 0.1) is 5.92 Å². The topological polar surface area (TPSA) is 95.9 Å². The van der Waals surface area contributed by atoms with E-state index in [1.807, 2.05) is 38.1 Å². The van der Waals surface area contributed by atoms with Crippen molar-refractivity contribution in [2.75, 3.05) is 13.7 Å². The van der Waals surface area contributed by atoms with Crippen LogP contribution in [0.4, 0.5) is 4.79 Å². The Balaban J connectivity index is 1.39. The average Bonchev–Trinajstić information content (AvgIpc) is 3.09. The highest BCUT2D eigenvalue weighted by atomic mass is 16.5. The van der Waals surface area contributed by atoms with Crippen LogP contribution in [0.15, 0.2) is 48.5 Å². The highest BCUT2D eigenvalue weighted by Crippen LogP contribution is 2.44. The lowest BCUT2D eigenvalue weighted by atomic mass is 9.79. The maximum Gasteiger partial charge on any atom is 0.407 e. The van der Waals surface area contributed by atoms with E-state index in [4.69, 9.17) is 9.84 Å². The minimum absolute atomic E-state index is 0.0528. The van der Waals surface area contributed by atoms with Gasteiger partial charge in [-0.15, -0.1) is 0 Å². The van der Waals surface area contributed by atoms with Crippen LogP contribution in [0.3, 0.4) is 0 Å². The van der Waals surface area contributed by atoms with Crippen molar-refractivity contribution in [3.8, 4) is 11.1 Å². The van der Waals surface area contributed by atoms with Crippen molar-refractivity contribution in [2.24, 2.45) is 11.8 Å². The number of hydrogen-bond donors (Lipinski definition) is 2. The van der Waals surface area contributed by atoms with E-state index in [0.717, 1.165) is 22.3 Å². The number of rotatable bonds is 8. The summed E-state index contributed by atoms with van der Waals surface area (Å²) >= 11 is 0. The van der Waals surface area contributed by atoms with Crippen molar-refractivity contribution in [3.05, 3.63) is 59.7 Å². The van der Waals surface area contributed by atoms with Gasteiger partial charge in [0.25, 0.3) is 0 Å². The average molecular weight is 465 g/mol. The summed E-state index contributed by atoms with van der Waals surface area (Å²) in [7, 11) is 1.68. The van der Waals surface area contributed by atoms with Gasteiger partial charge < -0.3 is 20.1 Å². The van der Waals surface area contributed by atoms with Gasteiger partial charge in [-0.2, -0.15) is 0 Å². The Morgan fingerprint density at radius 2 is 1.59 bits per heavy atom. The van der Waals surface area contributed by atoms with Crippen LogP contribution < -0.4 is 5.32 Å². The van der Waals surface area contributed by atoms with E-state index in [2.05, 4.69) is 29.6 Å². The SMILES string of the molecule is CC(C)CC(NC(=O)OCC1c2ccccc2-c2ccccc21)C(=O)N(C)C1CC(C(=O)O)C1. The third-order valence-corrected chi connectivity index (χ3v) is 7.00. The van der Waals surface area contributed by atoms with Crippen LogP contribution in [-0.2, 0) is 14.3 Å². The molecule has 7 nitrogen and oxygen atoms in total. The molecule has 1 fully saturated rings. The number of hydrogen-bond acceptors (Lipinski definition) is 4. The van der Waals surface area contributed by atoms with Crippen molar-refractivity contribution in [3.63, 3.8) is 0 Å². The molecule has 2 amide bonds. The largest absolute Gasteiger partial charge is 0.481 e. The van der Waals surface area contributed by atoms with E-state index in [0.29, 0.717) is 19.3 Å². The molecule has 0 heterocycles. The normalized spacial score (nSPS) is 19.5. The predicted octanol–water partition coefficient (Wildman–Crippen LogP) is 4.26. The smallest absolute Gasteiger partial charge is 0.407 e. The Hall–Kier alpha value is -3.35. The highest BCUT2D eigenvalue weighted by Gasteiger charge is 2.40. The molecule has 0 bridgehead atoms. The van der Waals surface area contributed by atoms with Crippen molar-refractivity contribution in [1.82, 2.24) is 10.2 Å². The Labute approximate surface area is 200 Å². The molecule has 2 aromatic rings. The number of benzene rings is 2. The Bertz CT molecular complexity index is 1030. The Morgan fingerprint density at radius 1 is 1.03 bits per heavy atom. The van der Waals surface area contributed by atoms with Gasteiger partial charge in [-0.3, -0.25) is 9.59 Å². The van der Waals surface area contributed by atoms with Crippen molar-refractivity contribution in [1.29, 1.82) is 0 Å². The summed E-state index contributed by atoms with van der Waals surface area (Å²) in [6.45, 7) is 4.16. The van der Waals surface area contributed by atoms with Crippen LogP contribution >= 0.6 is 0 Å². The number of carboxylic acids is 1. The molecule has 1 saturated carbocycles. The molecule has 7 heteroatoms. The minimum Gasteiger partial charge on any atom is -0.481 e. The first-order valence-corrected chi connectivity index (χ1v) is 11.9. The number of alkyl carbamates (subject to hydrolysis) is 1. The second kappa shape index (κ2) is 9.87. The zero-order valence-electron chi connectivity index (χ0n) is 19.9. The number of nitrogens with one attached hydrogen (secondary N) is 1. The summed E-state index contributed by atoms with van der Waals surface area (Å²) in [4.78, 5) is 38.6. The molecule has 0 spiro atoms. The predicted molar refractivity (Wildman–Crippen MR) is 128 cm³/mol. The van der Waals surface area contributed by atoms with Crippen LogP contribution in [0.25, 0.3) is 11.1 Å². The molecule has 2 aromatic carbocycles. The van der Waals surface area contributed by atoms with Crippen LogP contribution in [0, 0.1) is 11.8 Å². The van der Waals surface area contributed by atoms with Crippen LogP contribution in [0.5, 0.6) is 0 Å². The monoisotopic (exact) mass is 464 g/mol. The van der Waals surface area contributed by atoms with Crippen molar-refractivity contribution < 1.29 is 24.2 Å². The highest BCUT2D eigenvalue weighted by molar-refractivity contribution is 5.86. The zero-order chi connectivity index (χ0) is 24.4. The number of fused-ring (bicyclic) bond motifs is 3. The van der Waals surface area contributed by atoms with Crippen LogP contribution in [0.2, 0.25) is 0 Å². The minimum atomic E-state index is -0.826. The maximum absolute atomic E-state index is 13.1. The number of likely N-dealkylation sites (N-methyl/N-ethyl adjacent to an activating group) is 1. The van der Waals surface area contributed by atoms with E-state index in [1.54, 1.807) is 11.9 Å². The molecule has 0 aromatic heterocycles. The first-order valence-electron chi connectivity index (χ1n) is 11.9. The summed E-state index contributed by atoms with van der Waals surface area (Å²) in [6, 6.07) is 15.4. The second-order valence-corrected chi connectivity index (χ2v) is 9.76. The Kier molecular flexibility index (Phi) is 6.91. The molecule has 0 aliphatic heterocycles. The van der Waals surface area contributed by atoms with Gasteiger partial charge in [0, 0.05) is 19.0 Å². The number of carbonyl (C=O) groups is 3. The molecule has 2 aliphatic carbocycles. The summed E-state index contributed by atoms with van der Waals surface area (Å²) < 4.78 is 5.63. The first kappa shape index (κ1) is 23.8. The molecule has 180 valence electrons. The van der Waals surface area contributed by atoms with Crippen molar-refractivity contribution in [2.45, 2.75) is 51.1 Å². The molecule has 34 heavy (non-hydrogen) atoms. The lowest BCUT2D eigenvalue weighted by Gasteiger charge is -2.40. The van der Waals surface area contributed by atoms with Gasteiger partial charge in [-0.1, -0.05) is 62.4 Å². The fourth-order valence-corrected chi connectivity index (χ4v) is 5.01. The standard InChI is InChI=1S/C27H32N2O5/c1-16(2)12-24(25(30)29(3)18-13-17(14-18)26(31)32)28-27(33)34-15-23-21-10-6-4-8-19(21)20-9-5-7-11-22(20)23/h4-11,16-18,23-24H,12-15H2,1-3H3,(H,28,33)(H,31,32). The fourth-order valence-electron chi connectivity index (χ4n) is 5.01. The van der Waals surface area contributed by atoms with Crippen molar-refractivity contribution >= 4 is 18.0 Å². The molecule has 0 saturated heterocycles. The lowest BCUT2D eigenvalue weighted by Crippen LogP contribution is -2.54. The van der Waals surface area contributed by atoms with E-state index in [1.165, 1.54) is 0 Å².